The van der Waals surface area contributed by atoms with E-state index in [9.17, 15) is 9.59 Å². The van der Waals surface area contributed by atoms with Gasteiger partial charge in [-0.05, 0) is 48.0 Å². The fourth-order valence-electron chi connectivity index (χ4n) is 2.92. The van der Waals surface area contributed by atoms with Crippen molar-refractivity contribution >= 4 is 40.4 Å². The zero-order valence-electron chi connectivity index (χ0n) is 16.2. The van der Waals surface area contributed by atoms with Gasteiger partial charge in [0.05, 0.1) is 12.0 Å². The molecule has 0 spiro atoms. The van der Waals surface area contributed by atoms with Crippen LogP contribution in [0.4, 0.5) is 5.69 Å². The van der Waals surface area contributed by atoms with Gasteiger partial charge in [0.2, 0.25) is 0 Å². The second-order valence-electron chi connectivity index (χ2n) is 6.51. The molecule has 5 nitrogen and oxygen atoms in total. The van der Waals surface area contributed by atoms with Crippen LogP contribution in [0.1, 0.15) is 21.5 Å². The largest absolute Gasteiger partial charge is 0.497 e. The van der Waals surface area contributed by atoms with Crippen molar-refractivity contribution in [2.75, 3.05) is 12.4 Å². The Morgan fingerprint density at radius 3 is 2.50 bits per heavy atom. The molecule has 4 rings (SSSR count). The van der Waals surface area contributed by atoms with Gasteiger partial charge in [-0.3, -0.25) is 9.59 Å². The van der Waals surface area contributed by atoms with E-state index in [1.165, 1.54) is 11.8 Å². The van der Waals surface area contributed by atoms with Gasteiger partial charge in [0.1, 0.15) is 10.8 Å². The molecule has 0 bridgehead atoms. The van der Waals surface area contributed by atoms with Crippen molar-refractivity contribution in [3.8, 4) is 5.75 Å². The molecule has 0 unspecified atom stereocenters. The maximum Gasteiger partial charge on any atom is 0.284 e. The Kier molecular flexibility index (Phi) is 5.77. The summed E-state index contributed by atoms with van der Waals surface area (Å²) in [5.41, 5.74) is 2.90. The number of carbonyl (C=O) groups excluding carboxylic acids is 2. The van der Waals surface area contributed by atoms with Crippen LogP contribution in [0.25, 0.3) is 6.08 Å². The normalized spacial score (nSPS) is 14.5. The highest BCUT2D eigenvalue weighted by atomic mass is 32.2. The summed E-state index contributed by atoms with van der Waals surface area (Å²) in [6.07, 6.45) is 1.79. The average molecular weight is 414 g/mol. The molecule has 1 aliphatic heterocycles. The number of anilines is 1. The Morgan fingerprint density at radius 2 is 1.77 bits per heavy atom. The number of hydrogen-bond acceptors (Lipinski definition) is 4. The maximum atomic E-state index is 12.5. The minimum Gasteiger partial charge on any atom is -0.497 e. The monoisotopic (exact) mass is 414 g/mol. The first-order chi connectivity index (χ1) is 14.6. The van der Waals surface area contributed by atoms with Crippen molar-refractivity contribution in [2.24, 2.45) is 4.99 Å². The molecule has 0 fully saturated rings. The van der Waals surface area contributed by atoms with E-state index in [1.807, 2.05) is 48.5 Å². The highest BCUT2D eigenvalue weighted by Gasteiger charge is 2.22. The summed E-state index contributed by atoms with van der Waals surface area (Å²) in [6.45, 7) is 0. The number of aliphatic imine (C=N–C) groups is 1. The summed E-state index contributed by atoms with van der Waals surface area (Å²) >= 11 is 1.35. The van der Waals surface area contributed by atoms with Gasteiger partial charge in [-0.1, -0.05) is 54.2 Å². The molecule has 0 aromatic heterocycles. The Bertz CT molecular complexity index is 1150. The van der Waals surface area contributed by atoms with Crippen LogP contribution in [0.2, 0.25) is 0 Å². The first-order valence-electron chi connectivity index (χ1n) is 9.26. The Balaban J connectivity index is 1.48. The lowest BCUT2D eigenvalue weighted by molar-refractivity contribution is -0.113. The number of amides is 2. The Morgan fingerprint density at radius 1 is 1.00 bits per heavy atom. The molecule has 1 aliphatic rings. The van der Waals surface area contributed by atoms with E-state index in [4.69, 9.17) is 4.74 Å². The zero-order chi connectivity index (χ0) is 20.9. The maximum absolute atomic E-state index is 12.5. The van der Waals surface area contributed by atoms with E-state index in [0.717, 1.165) is 11.1 Å². The number of carbonyl (C=O) groups is 2. The summed E-state index contributed by atoms with van der Waals surface area (Å²) < 4.78 is 5.11. The van der Waals surface area contributed by atoms with Gasteiger partial charge in [-0.2, -0.15) is 0 Å². The number of nitrogens with zero attached hydrogens (tertiary/aromatic N) is 1. The Labute approximate surface area is 178 Å². The van der Waals surface area contributed by atoms with Gasteiger partial charge in [-0.25, -0.2) is 4.99 Å². The number of ether oxygens (including phenoxy) is 1. The average Bonchev–Trinajstić information content (AvgIpc) is 3.15. The van der Waals surface area contributed by atoms with Gasteiger partial charge in [0.25, 0.3) is 11.8 Å². The van der Waals surface area contributed by atoms with Crippen molar-refractivity contribution in [2.45, 2.75) is 0 Å². The number of hydrogen-bond donors (Lipinski definition) is 1. The van der Waals surface area contributed by atoms with E-state index < -0.39 is 0 Å². The third-order valence-corrected chi connectivity index (χ3v) is 5.47. The number of benzene rings is 3. The molecule has 0 aliphatic carbocycles. The lowest BCUT2D eigenvalue weighted by atomic mass is 10.1. The summed E-state index contributed by atoms with van der Waals surface area (Å²) in [5, 5.41) is 3.57. The van der Waals surface area contributed by atoms with Crippen LogP contribution in [0.3, 0.4) is 0 Å². The molecule has 0 saturated carbocycles. The molecule has 2 amide bonds. The van der Waals surface area contributed by atoms with Crippen molar-refractivity contribution < 1.29 is 14.3 Å². The minimum absolute atomic E-state index is 0.219. The summed E-state index contributed by atoms with van der Waals surface area (Å²) in [5.74, 6) is 0.214. The van der Waals surface area contributed by atoms with Gasteiger partial charge in [0.15, 0.2) is 0 Å². The smallest absolute Gasteiger partial charge is 0.284 e. The van der Waals surface area contributed by atoms with E-state index in [1.54, 1.807) is 43.5 Å². The quantitative estimate of drug-likeness (QED) is 0.596. The second kappa shape index (κ2) is 8.80. The SMILES string of the molecule is COc1ccc(C(=O)Nc2cccc(/C=C3/SC(c4ccccc4)=NC3=O)c2)cc1. The van der Waals surface area contributed by atoms with Crippen molar-refractivity contribution in [1.82, 2.24) is 0 Å². The lowest BCUT2D eigenvalue weighted by Crippen LogP contribution is -2.11. The number of methoxy groups -OCH3 is 1. The third kappa shape index (κ3) is 4.50. The molecular formula is C24H18N2O3S. The fourth-order valence-corrected chi connectivity index (χ4v) is 3.84. The topological polar surface area (TPSA) is 67.8 Å². The van der Waals surface area contributed by atoms with Gasteiger partial charge in [-0.15, -0.1) is 0 Å². The molecular weight excluding hydrogens is 396 g/mol. The summed E-state index contributed by atoms with van der Waals surface area (Å²) in [7, 11) is 1.58. The van der Waals surface area contributed by atoms with Gasteiger partial charge >= 0.3 is 0 Å². The van der Waals surface area contributed by atoms with Crippen molar-refractivity contribution in [3.63, 3.8) is 0 Å². The van der Waals surface area contributed by atoms with Crippen LogP contribution in [-0.2, 0) is 4.79 Å². The van der Waals surface area contributed by atoms with Crippen LogP contribution >= 0.6 is 11.8 Å². The predicted octanol–water partition coefficient (Wildman–Crippen LogP) is 5.01. The molecule has 30 heavy (non-hydrogen) atoms. The van der Waals surface area contributed by atoms with Crippen LogP contribution in [0.15, 0.2) is 88.8 Å². The van der Waals surface area contributed by atoms with E-state index in [2.05, 4.69) is 10.3 Å². The van der Waals surface area contributed by atoms with Crippen LogP contribution < -0.4 is 10.1 Å². The fraction of sp³-hybridized carbons (Fsp3) is 0.0417. The predicted molar refractivity (Wildman–Crippen MR) is 121 cm³/mol. The second-order valence-corrected chi connectivity index (χ2v) is 7.54. The molecule has 0 saturated heterocycles. The summed E-state index contributed by atoms with van der Waals surface area (Å²) in [4.78, 5) is 29.5. The molecule has 3 aromatic carbocycles. The van der Waals surface area contributed by atoms with Crippen LogP contribution in [-0.4, -0.2) is 24.0 Å². The number of nitrogens with one attached hydrogen (secondary N) is 1. The number of thioether (sulfide) groups is 1. The van der Waals surface area contributed by atoms with E-state index in [-0.39, 0.29) is 11.8 Å². The van der Waals surface area contributed by atoms with Gasteiger partial charge in [0, 0.05) is 16.8 Å². The molecule has 148 valence electrons. The van der Waals surface area contributed by atoms with Gasteiger partial charge < -0.3 is 10.1 Å². The first-order valence-corrected chi connectivity index (χ1v) is 10.1. The highest BCUT2D eigenvalue weighted by Crippen LogP contribution is 2.32. The first kappa shape index (κ1) is 19.7. The van der Waals surface area contributed by atoms with Crippen LogP contribution in [0.5, 0.6) is 5.75 Å². The lowest BCUT2D eigenvalue weighted by Gasteiger charge is -2.07. The molecule has 0 radical (unpaired) electrons. The zero-order valence-corrected chi connectivity index (χ0v) is 17.0. The molecule has 3 aromatic rings. The molecule has 1 heterocycles. The Hall–Kier alpha value is -3.64. The van der Waals surface area contributed by atoms with Crippen molar-refractivity contribution in [1.29, 1.82) is 0 Å². The molecule has 1 N–H and O–H groups in total. The van der Waals surface area contributed by atoms with Crippen LogP contribution in [0, 0.1) is 0 Å². The van der Waals surface area contributed by atoms with E-state index >= 15 is 0 Å². The molecule has 0 atom stereocenters. The minimum atomic E-state index is -0.258. The number of rotatable bonds is 5. The highest BCUT2D eigenvalue weighted by molar-refractivity contribution is 8.19. The third-order valence-electron chi connectivity index (χ3n) is 4.44. The summed E-state index contributed by atoms with van der Waals surface area (Å²) in [6, 6.07) is 23.8. The standard InChI is InChI=1S/C24H18N2O3S/c1-29-20-12-10-17(11-13-20)22(27)25-19-9-5-6-16(14-19)15-21-23(28)26-24(30-21)18-7-3-2-4-8-18/h2-15H,1H3,(H,25,27)/b21-15+. The van der Waals surface area contributed by atoms with E-state index in [0.29, 0.717) is 26.9 Å². The molecule has 6 heteroatoms. The van der Waals surface area contributed by atoms with Crippen molar-refractivity contribution in [3.05, 3.63) is 100 Å².